The Labute approximate surface area is 142 Å². The number of carbonyl (C=O) groups is 1. The standard InChI is InChI=1S/C19H13FN4O/c20-15-5-3-12(4-6-15)14-8-16-17(11-23-18(16)22-10-14)24-19(25)13-2-1-7-21-9-13/h1-11H,(H,22,23)(H,24,25). The van der Waals surface area contributed by atoms with Crippen molar-refractivity contribution in [1.82, 2.24) is 15.0 Å². The number of halogens is 1. The van der Waals surface area contributed by atoms with E-state index < -0.39 is 0 Å². The molecule has 0 aliphatic rings. The van der Waals surface area contributed by atoms with E-state index in [4.69, 9.17) is 0 Å². The number of carbonyl (C=O) groups excluding carboxylic acids is 1. The molecule has 2 N–H and O–H groups in total. The largest absolute Gasteiger partial charge is 0.344 e. The Bertz CT molecular complexity index is 1040. The third-order valence-corrected chi connectivity index (χ3v) is 3.88. The van der Waals surface area contributed by atoms with Gasteiger partial charge in [-0.25, -0.2) is 9.37 Å². The summed E-state index contributed by atoms with van der Waals surface area (Å²) in [6.45, 7) is 0. The van der Waals surface area contributed by atoms with Crippen LogP contribution in [0.4, 0.5) is 10.1 Å². The molecule has 25 heavy (non-hydrogen) atoms. The normalized spacial score (nSPS) is 10.8. The Morgan fingerprint density at radius 3 is 2.68 bits per heavy atom. The van der Waals surface area contributed by atoms with Crippen LogP contribution >= 0.6 is 0 Å². The second kappa shape index (κ2) is 6.16. The van der Waals surface area contributed by atoms with Crippen molar-refractivity contribution in [3.05, 3.63) is 78.6 Å². The third kappa shape index (κ3) is 2.97. The summed E-state index contributed by atoms with van der Waals surface area (Å²) in [5, 5.41) is 3.64. The minimum Gasteiger partial charge on any atom is -0.344 e. The fourth-order valence-corrected chi connectivity index (χ4v) is 2.60. The van der Waals surface area contributed by atoms with E-state index in [0.717, 1.165) is 16.5 Å². The number of benzene rings is 1. The average Bonchev–Trinajstić information content (AvgIpc) is 3.05. The first kappa shape index (κ1) is 15.0. The lowest BCUT2D eigenvalue weighted by molar-refractivity contribution is 0.102. The van der Waals surface area contributed by atoms with Gasteiger partial charge in [0.15, 0.2) is 0 Å². The maximum absolute atomic E-state index is 13.1. The molecule has 4 aromatic rings. The first-order valence-electron chi connectivity index (χ1n) is 7.65. The quantitative estimate of drug-likeness (QED) is 0.595. The number of amides is 1. The van der Waals surface area contributed by atoms with Gasteiger partial charge in [0.05, 0.1) is 11.3 Å². The molecule has 3 aromatic heterocycles. The first-order valence-corrected chi connectivity index (χ1v) is 7.65. The number of nitrogens with one attached hydrogen (secondary N) is 2. The molecule has 0 fully saturated rings. The zero-order chi connectivity index (χ0) is 17.2. The van der Waals surface area contributed by atoms with Gasteiger partial charge in [-0.1, -0.05) is 12.1 Å². The molecule has 1 amide bonds. The summed E-state index contributed by atoms with van der Waals surface area (Å²) in [5.41, 5.74) is 3.44. The van der Waals surface area contributed by atoms with Gasteiger partial charge in [0.1, 0.15) is 11.5 Å². The van der Waals surface area contributed by atoms with Gasteiger partial charge in [0.2, 0.25) is 0 Å². The number of H-pyrrole nitrogens is 1. The van der Waals surface area contributed by atoms with Crippen molar-refractivity contribution in [2.24, 2.45) is 0 Å². The molecule has 5 nitrogen and oxygen atoms in total. The molecule has 0 spiro atoms. The number of pyridine rings is 2. The Balaban J connectivity index is 1.69. The lowest BCUT2D eigenvalue weighted by atomic mass is 10.1. The lowest BCUT2D eigenvalue weighted by Crippen LogP contribution is -2.11. The maximum atomic E-state index is 13.1. The van der Waals surface area contributed by atoms with Crippen LogP contribution in [0.15, 0.2) is 67.3 Å². The number of hydrogen-bond donors (Lipinski definition) is 2. The summed E-state index contributed by atoms with van der Waals surface area (Å²) in [5.74, 6) is -0.537. The number of nitrogens with zero attached hydrogens (tertiary/aromatic N) is 2. The van der Waals surface area contributed by atoms with Crippen LogP contribution in [0.5, 0.6) is 0 Å². The van der Waals surface area contributed by atoms with Gasteiger partial charge in [-0.2, -0.15) is 0 Å². The molecule has 0 saturated heterocycles. The molecular formula is C19H13FN4O. The predicted molar refractivity (Wildman–Crippen MR) is 93.7 cm³/mol. The molecule has 3 heterocycles. The number of rotatable bonds is 3. The fraction of sp³-hybridized carbons (Fsp3) is 0. The van der Waals surface area contributed by atoms with E-state index in [-0.39, 0.29) is 11.7 Å². The highest BCUT2D eigenvalue weighted by Gasteiger charge is 2.11. The maximum Gasteiger partial charge on any atom is 0.257 e. The van der Waals surface area contributed by atoms with E-state index in [1.807, 2.05) is 6.07 Å². The van der Waals surface area contributed by atoms with E-state index in [1.54, 1.807) is 42.9 Å². The highest BCUT2D eigenvalue weighted by Crippen LogP contribution is 2.27. The van der Waals surface area contributed by atoms with Crippen LogP contribution in [0.2, 0.25) is 0 Å². The van der Waals surface area contributed by atoms with Crippen LogP contribution in [0, 0.1) is 5.82 Å². The van der Waals surface area contributed by atoms with E-state index in [0.29, 0.717) is 16.9 Å². The summed E-state index contributed by atoms with van der Waals surface area (Å²) >= 11 is 0. The lowest BCUT2D eigenvalue weighted by Gasteiger charge is -2.05. The monoisotopic (exact) mass is 332 g/mol. The van der Waals surface area contributed by atoms with Gasteiger partial charge in [-0.3, -0.25) is 9.78 Å². The smallest absolute Gasteiger partial charge is 0.257 e. The SMILES string of the molecule is O=C(Nc1c[nH]c2ncc(-c3ccc(F)cc3)cc12)c1cccnc1. The first-order chi connectivity index (χ1) is 12.2. The van der Waals surface area contributed by atoms with E-state index in [1.165, 1.54) is 18.3 Å². The van der Waals surface area contributed by atoms with E-state index in [9.17, 15) is 9.18 Å². The van der Waals surface area contributed by atoms with Gasteiger partial charge < -0.3 is 10.3 Å². The van der Waals surface area contributed by atoms with Gasteiger partial charge in [0, 0.05) is 35.7 Å². The van der Waals surface area contributed by atoms with Gasteiger partial charge in [-0.15, -0.1) is 0 Å². The van der Waals surface area contributed by atoms with Crippen LogP contribution in [0.1, 0.15) is 10.4 Å². The molecule has 0 aliphatic carbocycles. The molecule has 0 bridgehead atoms. The number of fused-ring (bicyclic) bond motifs is 1. The molecular weight excluding hydrogens is 319 g/mol. The predicted octanol–water partition coefficient (Wildman–Crippen LogP) is 4.02. The summed E-state index contributed by atoms with van der Waals surface area (Å²) in [4.78, 5) is 23.7. The molecule has 0 radical (unpaired) electrons. The van der Waals surface area contributed by atoms with E-state index in [2.05, 4.69) is 20.3 Å². The second-order valence-electron chi connectivity index (χ2n) is 5.53. The Hall–Kier alpha value is -3.54. The van der Waals surface area contributed by atoms with Crippen molar-refractivity contribution in [2.45, 2.75) is 0 Å². The van der Waals surface area contributed by atoms with Crippen molar-refractivity contribution in [1.29, 1.82) is 0 Å². The van der Waals surface area contributed by atoms with Crippen LogP contribution in [0.25, 0.3) is 22.2 Å². The zero-order valence-corrected chi connectivity index (χ0v) is 13.0. The molecule has 6 heteroatoms. The molecule has 0 atom stereocenters. The molecule has 1 aromatic carbocycles. The topological polar surface area (TPSA) is 70.7 Å². The summed E-state index contributed by atoms with van der Waals surface area (Å²) in [7, 11) is 0. The van der Waals surface area contributed by atoms with Crippen LogP contribution in [-0.4, -0.2) is 20.9 Å². The highest BCUT2D eigenvalue weighted by molar-refractivity contribution is 6.08. The highest BCUT2D eigenvalue weighted by atomic mass is 19.1. The molecule has 0 unspecified atom stereocenters. The van der Waals surface area contributed by atoms with Gasteiger partial charge >= 0.3 is 0 Å². The van der Waals surface area contributed by atoms with Crippen LogP contribution in [-0.2, 0) is 0 Å². The average molecular weight is 332 g/mol. The number of aromatic nitrogens is 3. The number of aromatic amines is 1. The van der Waals surface area contributed by atoms with Crippen molar-refractivity contribution >= 4 is 22.6 Å². The third-order valence-electron chi connectivity index (χ3n) is 3.88. The Kier molecular flexibility index (Phi) is 3.70. The Morgan fingerprint density at radius 2 is 1.92 bits per heavy atom. The zero-order valence-electron chi connectivity index (χ0n) is 13.0. The van der Waals surface area contributed by atoms with Gasteiger partial charge in [0.25, 0.3) is 5.91 Å². The summed E-state index contributed by atoms with van der Waals surface area (Å²) in [6.07, 6.45) is 6.52. The Morgan fingerprint density at radius 1 is 1.08 bits per heavy atom. The minimum absolute atomic E-state index is 0.249. The molecule has 0 aliphatic heterocycles. The van der Waals surface area contributed by atoms with Crippen molar-refractivity contribution in [2.75, 3.05) is 5.32 Å². The summed E-state index contributed by atoms with van der Waals surface area (Å²) < 4.78 is 13.1. The van der Waals surface area contributed by atoms with Crippen molar-refractivity contribution in [3.8, 4) is 11.1 Å². The molecule has 122 valence electrons. The minimum atomic E-state index is -0.288. The van der Waals surface area contributed by atoms with Crippen molar-refractivity contribution < 1.29 is 9.18 Å². The van der Waals surface area contributed by atoms with E-state index >= 15 is 0 Å². The number of hydrogen-bond acceptors (Lipinski definition) is 3. The summed E-state index contributed by atoms with van der Waals surface area (Å²) in [6, 6.07) is 11.5. The fourth-order valence-electron chi connectivity index (χ4n) is 2.60. The van der Waals surface area contributed by atoms with Crippen LogP contribution in [0.3, 0.4) is 0 Å². The van der Waals surface area contributed by atoms with Crippen molar-refractivity contribution in [3.63, 3.8) is 0 Å². The molecule has 0 saturated carbocycles. The molecule has 4 rings (SSSR count). The second-order valence-corrected chi connectivity index (χ2v) is 5.53. The van der Waals surface area contributed by atoms with Crippen LogP contribution < -0.4 is 5.32 Å². The van der Waals surface area contributed by atoms with Gasteiger partial charge in [-0.05, 0) is 35.9 Å². The number of anilines is 1.